The van der Waals surface area contributed by atoms with Crippen LogP contribution in [0.2, 0.25) is 0 Å². The Bertz CT molecular complexity index is 602. The van der Waals surface area contributed by atoms with Gasteiger partial charge in [0.25, 0.3) is 5.91 Å². The Morgan fingerprint density at radius 1 is 1.00 bits per heavy atom. The molecule has 1 rings (SSSR count). The van der Waals surface area contributed by atoms with Gasteiger partial charge in [-0.05, 0) is 30.0 Å². The third kappa shape index (κ3) is 5.23. The van der Waals surface area contributed by atoms with Crippen molar-refractivity contribution in [1.29, 1.82) is 0 Å². The fourth-order valence-corrected chi connectivity index (χ4v) is 1.78. The van der Waals surface area contributed by atoms with Crippen molar-refractivity contribution in [3.05, 3.63) is 35.4 Å². The maximum absolute atomic E-state index is 12.5. The quantitative estimate of drug-likeness (QED) is 0.736. The lowest BCUT2D eigenvalue weighted by molar-refractivity contribution is -0.253. The Kier molecular flexibility index (Phi) is 5.66. The van der Waals surface area contributed by atoms with Gasteiger partial charge in [-0.15, -0.1) is 0 Å². The number of carbonyl (C=O) groups excluding carboxylic acids is 2. The van der Waals surface area contributed by atoms with Crippen LogP contribution in [0.5, 0.6) is 0 Å². The Morgan fingerprint density at radius 3 is 1.92 bits per heavy atom. The summed E-state index contributed by atoms with van der Waals surface area (Å²) >= 11 is 0. The van der Waals surface area contributed by atoms with E-state index in [9.17, 15) is 27.9 Å². The molecule has 3 N–H and O–H groups in total. The Morgan fingerprint density at radius 2 is 1.50 bits per heavy atom. The first-order valence-corrected chi connectivity index (χ1v) is 7.23. The van der Waals surface area contributed by atoms with Gasteiger partial charge in [0.15, 0.2) is 5.60 Å². The molecular formula is C16H21F3N2O3. The fraction of sp³-hybridized carbons (Fsp3) is 0.500. The van der Waals surface area contributed by atoms with Crippen LogP contribution in [-0.4, -0.2) is 28.7 Å². The molecule has 134 valence electrons. The summed E-state index contributed by atoms with van der Waals surface area (Å²) < 4.78 is 37.4. The third-order valence-corrected chi connectivity index (χ3v) is 3.44. The second-order valence-electron chi connectivity index (χ2n) is 6.78. The van der Waals surface area contributed by atoms with Crippen LogP contribution < -0.4 is 10.9 Å². The average Bonchev–Trinajstić information content (AvgIpc) is 2.42. The van der Waals surface area contributed by atoms with E-state index in [1.165, 1.54) is 0 Å². The molecule has 1 aromatic carbocycles. The summed E-state index contributed by atoms with van der Waals surface area (Å²) in [5, 5.41) is 9.21. The highest BCUT2D eigenvalue weighted by molar-refractivity contribution is 5.95. The minimum absolute atomic E-state index is 0.0909. The van der Waals surface area contributed by atoms with Gasteiger partial charge in [0.05, 0.1) is 6.42 Å². The highest BCUT2D eigenvalue weighted by Crippen LogP contribution is 2.32. The SMILES string of the molecule is CC(C)(C)c1ccc(C(=O)NNC(=O)C[C@](C)(O)C(F)(F)F)cc1. The zero-order valence-corrected chi connectivity index (χ0v) is 13.9. The van der Waals surface area contributed by atoms with E-state index in [0.29, 0.717) is 6.92 Å². The van der Waals surface area contributed by atoms with Crippen LogP contribution in [0.15, 0.2) is 24.3 Å². The molecule has 0 fully saturated rings. The molecule has 1 aromatic rings. The summed E-state index contributed by atoms with van der Waals surface area (Å²) in [6.45, 7) is 6.51. The molecule has 24 heavy (non-hydrogen) atoms. The van der Waals surface area contributed by atoms with Gasteiger partial charge < -0.3 is 5.11 Å². The van der Waals surface area contributed by atoms with E-state index in [1.807, 2.05) is 31.6 Å². The minimum Gasteiger partial charge on any atom is -0.380 e. The third-order valence-electron chi connectivity index (χ3n) is 3.44. The molecule has 0 heterocycles. The maximum atomic E-state index is 12.5. The van der Waals surface area contributed by atoms with Crippen LogP contribution in [0.3, 0.4) is 0 Å². The summed E-state index contributed by atoms with van der Waals surface area (Å²) in [7, 11) is 0. The number of benzene rings is 1. The van der Waals surface area contributed by atoms with Gasteiger partial charge in [0.2, 0.25) is 5.91 Å². The molecule has 8 heteroatoms. The molecule has 0 saturated carbocycles. The monoisotopic (exact) mass is 346 g/mol. The van der Waals surface area contributed by atoms with Crippen molar-refractivity contribution in [3.63, 3.8) is 0 Å². The summed E-state index contributed by atoms with van der Waals surface area (Å²) in [6, 6.07) is 6.61. The first kappa shape index (κ1) is 20.0. The smallest absolute Gasteiger partial charge is 0.380 e. The van der Waals surface area contributed by atoms with Crippen LogP contribution in [0, 0.1) is 0 Å². The maximum Gasteiger partial charge on any atom is 0.417 e. The molecule has 0 spiro atoms. The lowest BCUT2D eigenvalue weighted by Gasteiger charge is -2.25. The van der Waals surface area contributed by atoms with E-state index < -0.39 is 30.0 Å². The van der Waals surface area contributed by atoms with Gasteiger partial charge >= 0.3 is 6.18 Å². The van der Waals surface area contributed by atoms with Crippen molar-refractivity contribution in [1.82, 2.24) is 10.9 Å². The standard InChI is InChI=1S/C16H21F3N2O3/c1-14(2,3)11-7-5-10(6-8-11)13(23)21-20-12(22)9-15(4,24)16(17,18)19/h5-8,24H,9H2,1-4H3,(H,20,22)(H,21,23)/t15-/m0/s1. The van der Waals surface area contributed by atoms with Crippen LogP contribution in [0.1, 0.15) is 50.0 Å². The first-order valence-electron chi connectivity index (χ1n) is 7.23. The van der Waals surface area contributed by atoms with Crippen molar-refractivity contribution < 1.29 is 27.9 Å². The van der Waals surface area contributed by atoms with Gasteiger partial charge in [0.1, 0.15) is 0 Å². The van der Waals surface area contributed by atoms with Crippen molar-refractivity contribution in [2.24, 2.45) is 0 Å². The van der Waals surface area contributed by atoms with Crippen LogP contribution in [0.25, 0.3) is 0 Å². The molecule has 0 aliphatic rings. The van der Waals surface area contributed by atoms with Gasteiger partial charge in [-0.3, -0.25) is 20.4 Å². The fourth-order valence-electron chi connectivity index (χ4n) is 1.78. The molecular weight excluding hydrogens is 325 g/mol. The van der Waals surface area contributed by atoms with Crippen LogP contribution in [-0.2, 0) is 10.2 Å². The van der Waals surface area contributed by atoms with E-state index in [-0.39, 0.29) is 11.0 Å². The van der Waals surface area contributed by atoms with Crippen molar-refractivity contribution in [2.75, 3.05) is 0 Å². The van der Waals surface area contributed by atoms with E-state index in [1.54, 1.807) is 24.3 Å². The van der Waals surface area contributed by atoms with Gasteiger partial charge in [-0.1, -0.05) is 32.9 Å². The van der Waals surface area contributed by atoms with Gasteiger partial charge in [-0.2, -0.15) is 13.2 Å². The Hall–Kier alpha value is -2.09. The molecule has 0 aliphatic carbocycles. The van der Waals surface area contributed by atoms with E-state index in [2.05, 4.69) is 0 Å². The number of hydrazine groups is 1. The van der Waals surface area contributed by atoms with E-state index in [0.717, 1.165) is 5.56 Å². The highest BCUT2D eigenvalue weighted by atomic mass is 19.4. The molecule has 2 amide bonds. The minimum atomic E-state index is -4.95. The second-order valence-corrected chi connectivity index (χ2v) is 6.78. The molecule has 1 atom stereocenters. The van der Waals surface area contributed by atoms with Crippen molar-refractivity contribution in [2.45, 2.75) is 51.3 Å². The van der Waals surface area contributed by atoms with Crippen molar-refractivity contribution in [3.8, 4) is 0 Å². The Labute approximate surface area is 138 Å². The van der Waals surface area contributed by atoms with Gasteiger partial charge in [0, 0.05) is 5.56 Å². The summed E-state index contributed by atoms with van der Waals surface area (Å²) in [6.07, 6.45) is -6.17. The van der Waals surface area contributed by atoms with Crippen LogP contribution in [0.4, 0.5) is 13.2 Å². The van der Waals surface area contributed by atoms with Crippen molar-refractivity contribution >= 4 is 11.8 Å². The number of alkyl halides is 3. The number of hydrogen-bond acceptors (Lipinski definition) is 3. The zero-order chi connectivity index (χ0) is 18.8. The summed E-state index contributed by atoms with van der Waals surface area (Å²) in [5.74, 6) is -1.83. The topological polar surface area (TPSA) is 78.4 Å². The molecule has 0 bridgehead atoms. The number of aliphatic hydroxyl groups is 1. The number of nitrogens with one attached hydrogen (secondary N) is 2. The summed E-state index contributed by atoms with van der Waals surface area (Å²) in [5.41, 5.74) is 1.85. The van der Waals surface area contributed by atoms with E-state index >= 15 is 0 Å². The second kappa shape index (κ2) is 6.80. The molecule has 0 saturated heterocycles. The first-order chi connectivity index (χ1) is 10.7. The van der Waals surface area contributed by atoms with Gasteiger partial charge in [-0.25, -0.2) is 0 Å². The lowest BCUT2D eigenvalue weighted by atomic mass is 9.87. The lowest BCUT2D eigenvalue weighted by Crippen LogP contribution is -2.49. The molecule has 0 aromatic heterocycles. The van der Waals surface area contributed by atoms with E-state index in [4.69, 9.17) is 0 Å². The molecule has 0 radical (unpaired) electrons. The zero-order valence-electron chi connectivity index (χ0n) is 13.9. The largest absolute Gasteiger partial charge is 0.417 e. The normalized spacial score (nSPS) is 14.7. The number of halogens is 3. The Balaban J connectivity index is 2.62. The summed E-state index contributed by atoms with van der Waals surface area (Å²) in [4.78, 5) is 23.3. The predicted octanol–water partition coefficient (Wildman–Crippen LogP) is 2.45. The molecule has 0 aliphatic heterocycles. The predicted molar refractivity (Wildman–Crippen MR) is 82.0 cm³/mol. The highest BCUT2D eigenvalue weighted by Gasteiger charge is 2.51. The van der Waals surface area contributed by atoms with Crippen LogP contribution >= 0.6 is 0 Å². The number of carbonyl (C=O) groups is 2. The number of amides is 2. The molecule has 5 nitrogen and oxygen atoms in total. The number of hydrogen-bond donors (Lipinski definition) is 3. The number of rotatable bonds is 3. The molecule has 0 unspecified atom stereocenters. The average molecular weight is 346 g/mol.